The maximum Gasteiger partial charge on any atom is 0.407 e. The van der Waals surface area contributed by atoms with Crippen LogP contribution >= 0.6 is 11.8 Å². The SMILES string of the molecule is CC(=O)OC(C#N)[C@H](CSC(c1ccccc1)c1ccccc1)NC(=O)OCC1c2ccccc2-c2ccccc21. The van der Waals surface area contributed by atoms with Gasteiger partial charge in [0.05, 0.1) is 11.3 Å². The van der Waals surface area contributed by atoms with Crippen LogP contribution in [0.5, 0.6) is 0 Å². The van der Waals surface area contributed by atoms with Gasteiger partial charge < -0.3 is 14.8 Å². The van der Waals surface area contributed by atoms with Gasteiger partial charge in [-0.2, -0.15) is 5.26 Å². The number of rotatable bonds is 10. The molecular weight excluding hydrogens is 532 g/mol. The second kappa shape index (κ2) is 13.2. The molecule has 6 nitrogen and oxygen atoms in total. The summed E-state index contributed by atoms with van der Waals surface area (Å²) in [5, 5.41) is 12.6. The van der Waals surface area contributed by atoms with Gasteiger partial charge in [0.2, 0.25) is 6.10 Å². The van der Waals surface area contributed by atoms with Crippen molar-refractivity contribution in [3.8, 4) is 17.2 Å². The van der Waals surface area contributed by atoms with Gasteiger partial charge in [-0.1, -0.05) is 109 Å². The summed E-state index contributed by atoms with van der Waals surface area (Å²) < 4.78 is 11.0. The highest BCUT2D eigenvalue weighted by Gasteiger charge is 2.31. The number of thioether (sulfide) groups is 1. The first-order valence-corrected chi connectivity index (χ1v) is 14.5. The number of hydrogen-bond acceptors (Lipinski definition) is 6. The zero-order valence-electron chi connectivity index (χ0n) is 22.6. The predicted molar refractivity (Wildman–Crippen MR) is 160 cm³/mol. The molecule has 7 heteroatoms. The van der Waals surface area contributed by atoms with Crippen molar-refractivity contribution >= 4 is 23.8 Å². The lowest BCUT2D eigenvalue weighted by Crippen LogP contribution is -2.46. The van der Waals surface area contributed by atoms with Gasteiger partial charge in [-0.05, 0) is 33.4 Å². The van der Waals surface area contributed by atoms with Crippen LogP contribution in [0.4, 0.5) is 4.79 Å². The standard InChI is InChI=1S/C34H30N2O4S/c1-23(37)40-32(20-35)31(22-41-33(24-12-4-2-5-13-24)25-14-6-3-7-15-25)36-34(38)39-21-30-28-18-10-8-16-26(28)27-17-9-11-19-29(27)30/h2-19,30-33H,21-22H2,1H3,(H,36,38)/t31-,32?/m0/s1. The third-order valence-corrected chi connectivity index (χ3v) is 8.51. The molecule has 4 aromatic rings. The van der Waals surface area contributed by atoms with Crippen molar-refractivity contribution in [3.63, 3.8) is 0 Å². The molecule has 0 saturated heterocycles. The molecule has 1 amide bonds. The van der Waals surface area contributed by atoms with E-state index in [-0.39, 0.29) is 17.8 Å². The van der Waals surface area contributed by atoms with Crippen LogP contribution in [0.3, 0.4) is 0 Å². The Hall–Kier alpha value is -4.54. The molecule has 1 unspecified atom stereocenters. The molecule has 0 aromatic heterocycles. The minimum Gasteiger partial charge on any atom is -0.449 e. The Balaban J connectivity index is 1.31. The van der Waals surface area contributed by atoms with E-state index < -0.39 is 24.2 Å². The van der Waals surface area contributed by atoms with Gasteiger partial charge in [-0.25, -0.2) is 4.79 Å². The smallest absolute Gasteiger partial charge is 0.407 e. The number of nitriles is 1. The molecule has 4 aromatic carbocycles. The summed E-state index contributed by atoms with van der Waals surface area (Å²) in [6, 6.07) is 37.5. The molecule has 206 valence electrons. The van der Waals surface area contributed by atoms with Crippen molar-refractivity contribution in [2.75, 3.05) is 12.4 Å². The Bertz CT molecular complexity index is 1450. The highest BCUT2D eigenvalue weighted by atomic mass is 32.2. The van der Waals surface area contributed by atoms with Gasteiger partial charge in [0, 0.05) is 18.6 Å². The Morgan fingerprint density at radius 1 is 0.829 bits per heavy atom. The van der Waals surface area contributed by atoms with Crippen molar-refractivity contribution in [2.45, 2.75) is 30.2 Å². The Labute approximate surface area is 244 Å². The first-order chi connectivity index (χ1) is 20.0. The third kappa shape index (κ3) is 6.62. The minimum atomic E-state index is -1.17. The van der Waals surface area contributed by atoms with E-state index >= 15 is 0 Å². The molecule has 0 heterocycles. The number of nitrogens with one attached hydrogen (secondary N) is 1. The van der Waals surface area contributed by atoms with E-state index in [1.807, 2.05) is 91.0 Å². The van der Waals surface area contributed by atoms with Crippen LogP contribution in [0.15, 0.2) is 109 Å². The normalized spacial score (nSPS) is 13.4. The predicted octanol–water partition coefficient (Wildman–Crippen LogP) is 6.87. The van der Waals surface area contributed by atoms with Gasteiger partial charge in [0.15, 0.2) is 0 Å². The molecule has 41 heavy (non-hydrogen) atoms. The molecule has 1 N–H and O–H groups in total. The Morgan fingerprint density at radius 3 is 1.85 bits per heavy atom. The molecule has 0 fully saturated rings. The highest BCUT2D eigenvalue weighted by Crippen LogP contribution is 2.44. The van der Waals surface area contributed by atoms with E-state index in [1.54, 1.807) is 11.8 Å². The second-order valence-electron chi connectivity index (χ2n) is 9.77. The number of carbonyl (C=O) groups is 2. The van der Waals surface area contributed by atoms with Crippen LogP contribution in [-0.4, -0.2) is 36.6 Å². The van der Waals surface area contributed by atoms with Crippen LogP contribution in [-0.2, 0) is 14.3 Å². The molecule has 5 rings (SSSR count). The van der Waals surface area contributed by atoms with Crippen molar-refractivity contribution in [1.29, 1.82) is 5.26 Å². The van der Waals surface area contributed by atoms with Crippen LogP contribution < -0.4 is 5.32 Å². The third-order valence-electron chi connectivity index (χ3n) is 7.08. The quantitative estimate of drug-likeness (QED) is 0.212. The largest absolute Gasteiger partial charge is 0.449 e. The van der Waals surface area contributed by atoms with E-state index in [9.17, 15) is 14.9 Å². The topological polar surface area (TPSA) is 88.4 Å². The number of nitrogens with zero attached hydrogens (tertiary/aromatic N) is 1. The van der Waals surface area contributed by atoms with Gasteiger partial charge in [0.1, 0.15) is 12.7 Å². The van der Waals surface area contributed by atoms with Gasteiger partial charge >= 0.3 is 12.1 Å². The summed E-state index contributed by atoms with van der Waals surface area (Å²) in [5.74, 6) is -0.380. The van der Waals surface area contributed by atoms with Crippen molar-refractivity contribution in [2.24, 2.45) is 0 Å². The average Bonchev–Trinajstić information content (AvgIpc) is 3.33. The number of benzene rings is 4. The lowest BCUT2D eigenvalue weighted by Gasteiger charge is -2.25. The molecule has 0 radical (unpaired) electrons. The zero-order valence-corrected chi connectivity index (χ0v) is 23.4. The average molecular weight is 563 g/mol. The fourth-order valence-corrected chi connectivity index (χ4v) is 6.57. The summed E-state index contributed by atoms with van der Waals surface area (Å²) in [7, 11) is 0. The van der Waals surface area contributed by atoms with E-state index in [4.69, 9.17) is 9.47 Å². The second-order valence-corrected chi connectivity index (χ2v) is 10.9. The number of amides is 1. The molecule has 1 aliphatic carbocycles. The monoisotopic (exact) mass is 562 g/mol. The van der Waals surface area contributed by atoms with Crippen molar-refractivity contribution in [3.05, 3.63) is 131 Å². The first kappa shape index (κ1) is 28.0. The van der Waals surface area contributed by atoms with Crippen LogP contribution in [0.25, 0.3) is 11.1 Å². The molecule has 1 aliphatic rings. The maximum atomic E-state index is 13.1. The van der Waals surface area contributed by atoms with Crippen LogP contribution in [0.2, 0.25) is 0 Å². The lowest BCUT2D eigenvalue weighted by atomic mass is 9.98. The zero-order chi connectivity index (χ0) is 28.6. The Kier molecular flexibility index (Phi) is 9.02. The molecule has 0 saturated carbocycles. The number of alkyl carbamates (subject to hydrolysis) is 1. The van der Waals surface area contributed by atoms with E-state index in [2.05, 4.69) is 29.6 Å². The number of esters is 1. The van der Waals surface area contributed by atoms with Gasteiger partial charge in [0.25, 0.3) is 0 Å². The maximum absolute atomic E-state index is 13.1. The molecule has 0 bridgehead atoms. The minimum absolute atomic E-state index is 0.0547. The van der Waals surface area contributed by atoms with E-state index in [0.29, 0.717) is 5.75 Å². The Morgan fingerprint density at radius 2 is 1.34 bits per heavy atom. The lowest BCUT2D eigenvalue weighted by molar-refractivity contribution is -0.144. The fraction of sp³-hybridized carbons (Fsp3) is 0.206. The molecule has 0 aliphatic heterocycles. The summed E-state index contributed by atoms with van der Waals surface area (Å²) in [5.41, 5.74) is 6.67. The highest BCUT2D eigenvalue weighted by molar-refractivity contribution is 7.99. The summed E-state index contributed by atoms with van der Waals surface area (Å²) >= 11 is 1.56. The summed E-state index contributed by atoms with van der Waals surface area (Å²) in [6.07, 6.45) is -1.84. The van der Waals surface area contributed by atoms with Gasteiger partial charge in [-0.3, -0.25) is 4.79 Å². The molecule has 2 atom stereocenters. The summed E-state index contributed by atoms with van der Waals surface area (Å²) in [6.45, 7) is 1.39. The number of ether oxygens (including phenoxy) is 2. The number of carbonyl (C=O) groups excluding carboxylic acids is 2. The van der Waals surface area contributed by atoms with E-state index in [1.165, 1.54) is 6.92 Å². The van der Waals surface area contributed by atoms with Gasteiger partial charge in [-0.15, -0.1) is 11.8 Å². The summed E-state index contributed by atoms with van der Waals surface area (Å²) in [4.78, 5) is 24.9. The first-order valence-electron chi connectivity index (χ1n) is 13.4. The number of hydrogen-bond donors (Lipinski definition) is 1. The molecular formula is C34H30N2O4S. The molecule has 0 spiro atoms. The van der Waals surface area contributed by atoms with Crippen molar-refractivity contribution < 1.29 is 19.1 Å². The van der Waals surface area contributed by atoms with E-state index in [0.717, 1.165) is 33.4 Å². The fourth-order valence-electron chi connectivity index (χ4n) is 5.21. The number of fused-ring (bicyclic) bond motifs is 3. The van der Waals surface area contributed by atoms with Crippen LogP contribution in [0.1, 0.15) is 40.3 Å². The van der Waals surface area contributed by atoms with Crippen LogP contribution in [0, 0.1) is 11.3 Å². The van der Waals surface area contributed by atoms with Crippen molar-refractivity contribution in [1.82, 2.24) is 5.32 Å².